The first-order chi connectivity index (χ1) is 6.66. The summed E-state index contributed by atoms with van der Waals surface area (Å²) in [5.74, 6) is 0.378. The summed E-state index contributed by atoms with van der Waals surface area (Å²) in [6.45, 7) is 0. The van der Waals surface area contributed by atoms with Crippen molar-refractivity contribution in [3.05, 3.63) is 33.4 Å². The molecule has 0 radical (unpaired) electrons. The molecule has 1 amide bonds. The second-order valence-corrected chi connectivity index (χ2v) is 4.70. The van der Waals surface area contributed by atoms with Crippen LogP contribution in [0.15, 0.2) is 24.3 Å². The van der Waals surface area contributed by atoms with Crippen molar-refractivity contribution in [3.63, 3.8) is 0 Å². The van der Waals surface area contributed by atoms with Gasteiger partial charge in [0.2, 0.25) is 0 Å². The fourth-order valence-electron chi connectivity index (χ4n) is 1.59. The molecule has 1 fully saturated rings. The monoisotopic (exact) mass is 303 g/mol. The molecule has 2 atom stereocenters. The number of amides is 1. The fourth-order valence-corrected chi connectivity index (χ4v) is 1.95. The van der Waals surface area contributed by atoms with E-state index in [0.29, 0.717) is 5.92 Å². The van der Waals surface area contributed by atoms with Crippen LogP contribution in [-0.4, -0.2) is 17.2 Å². The van der Waals surface area contributed by atoms with E-state index < -0.39 is 6.09 Å². The summed E-state index contributed by atoms with van der Waals surface area (Å²) < 4.78 is 1.20. The smallest absolute Gasteiger partial charge is 0.404 e. The maximum Gasteiger partial charge on any atom is 0.404 e. The summed E-state index contributed by atoms with van der Waals surface area (Å²) in [5.41, 5.74) is 1.23. The second kappa shape index (κ2) is 3.76. The Morgan fingerprint density at radius 3 is 2.64 bits per heavy atom. The van der Waals surface area contributed by atoms with Gasteiger partial charge in [-0.15, -0.1) is 0 Å². The molecule has 74 valence electrons. The van der Waals surface area contributed by atoms with Crippen molar-refractivity contribution in [3.8, 4) is 0 Å². The summed E-state index contributed by atoms with van der Waals surface area (Å²) >= 11 is 2.26. The molecule has 1 aromatic carbocycles. The Labute approximate surface area is 95.7 Å². The summed E-state index contributed by atoms with van der Waals surface area (Å²) in [7, 11) is 0. The zero-order chi connectivity index (χ0) is 10.1. The van der Waals surface area contributed by atoms with E-state index in [4.69, 9.17) is 5.11 Å². The van der Waals surface area contributed by atoms with Gasteiger partial charge >= 0.3 is 6.09 Å². The van der Waals surface area contributed by atoms with E-state index in [1.165, 1.54) is 9.13 Å². The lowest BCUT2D eigenvalue weighted by atomic mass is 10.1. The van der Waals surface area contributed by atoms with Crippen LogP contribution in [-0.2, 0) is 0 Å². The van der Waals surface area contributed by atoms with Crippen LogP contribution in [0.4, 0.5) is 4.79 Å². The maximum atomic E-state index is 10.4. The SMILES string of the molecule is O=C(O)N[C@@H]1C[C@H]1c1ccc(I)cc1. The Hall–Kier alpha value is -0.780. The number of hydrogen-bond donors (Lipinski definition) is 2. The Morgan fingerprint density at radius 1 is 1.43 bits per heavy atom. The van der Waals surface area contributed by atoms with E-state index >= 15 is 0 Å². The highest BCUT2D eigenvalue weighted by Gasteiger charge is 2.39. The molecule has 1 saturated carbocycles. The molecule has 0 spiro atoms. The Bertz CT molecular complexity index is 350. The van der Waals surface area contributed by atoms with Gasteiger partial charge in [-0.1, -0.05) is 12.1 Å². The molecule has 0 saturated heterocycles. The number of benzene rings is 1. The van der Waals surface area contributed by atoms with Crippen molar-refractivity contribution < 1.29 is 9.90 Å². The van der Waals surface area contributed by atoms with Gasteiger partial charge in [0.1, 0.15) is 0 Å². The van der Waals surface area contributed by atoms with Gasteiger partial charge in [0.15, 0.2) is 0 Å². The normalized spacial score (nSPS) is 24.4. The standard InChI is InChI=1S/C10H10INO2/c11-7-3-1-6(2-4-7)8-5-9(8)12-10(13)14/h1-4,8-9,12H,5H2,(H,13,14)/t8-,9+/m0/s1. The zero-order valence-corrected chi connectivity index (χ0v) is 9.56. The highest BCUT2D eigenvalue weighted by atomic mass is 127. The number of nitrogens with one attached hydrogen (secondary N) is 1. The highest BCUT2D eigenvalue weighted by molar-refractivity contribution is 14.1. The molecular weight excluding hydrogens is 293 g/mol. The van der Waals surface area contributed by atoms with Gasteiger partial charge < -0.3 is 10.4 Å². The lowest BCUT2D eigenvalue weighted by Gasteiger charge is -2.00. The Balaban J connectivity index is 1.99. The van der Waals surface area contributed by atoms with Crippen molar-refractivity contribution in [2.24, 2.45) is 0 Å². The molecule has 0 unspecified atom stereocenters. The number of hydrogen-bond acceptors (Lipinski definition) is 1. The van der Waals surface area contributed by atoms with Gasteiger partial charge in [-0.3, -0.25) is 0 Å². The third-order valence-corrected chi connectivity index (χ3v) is 3.12. The van der Waals surface area contributed by atoms with E-state index in [9.17, 15) is 4.79 Å². The minimum Gasteiger partial charge on any atom is -0.465 e. The highest BCUT2D eigenvalue weighted by Crippen LogP contribution is 2.40. The van der Waals surface area contributed by atoms with E-state index in [1.54, 1.807) is 0 Å². The van der Waals surface area contributed by atoms with Crippen LogP contribution in [0.5, 0.6) is 0 Å². The lowest BCUT2D eigenvalue weighted by molar-refractivity contribution is 0.193. The quantitative estimate of drug-likeness (QED) is 0.824. The molecule has 0 bridgehead atoms. The molecule has 0 aliphatic heterocycles. The summed E-state index contributed by atoms with van der Waals surface area (Å²) in [6, 6.07) is 8.34. The summed E-state index contributed by atoms with van der Waals surface area (Å²) in [5, 5.41) is 11.0. The largest absolute Gasteiger partial charge is 0.465 e. The number of halogens is 1. The third-order valence-electron chi connectivity index (χ3n) is 2.40. The third kappa shape index (κ3) is 2.17. The molecule has 0 heterocycles. The van der Waals surface area contributed by atoms with Gasteiger partial charge in [-0.05, 0) is 46.7 Å². The Kier molecular flexibility index (Phi) is 2.62. The van der Waals surface area contributed by atoms with Crippen LogP contribution < -0.4 is 5.32 Å². The van der Waals surface area contributed by atoms with Crippen molar-refractivity contribution in [2.75, 3.05) is 0 Å². The van der Waals surface area contributed by atoms with Crippen LogP contribution in [0.1, 0.15) is 17.9 Å². The number of rotatable bonds is 2. The molecular formula is C10H10INO2. The van der Waals surface area contributed by atoms with Gasteiger partial charge in [0.25, 0.3) is 0 Å². The average Bonchev–Trinajstić information content (AvgIpc) is 2.84. The first kappa shape index (κ1) is 9.76. The second-order valence-electron chi connectivity index (χ2n) is 3.45. The first-order valence-corrected chi connectivity index (χ1v) is 5.49. The zero-order valence-electron chi connectivity index (χ0n) is 7.40. The molecule has 1 aromatic rings. The minimum absolute atomic E-state index is 0.118. The van der Waals surface area contributed by atoms with Gasteiger partial charge in [0.05, 0.1) is 0 Å². The molecule has 2 rings (SSSR count). The molecule has 1 aliphatic carbocycles. The van der Waals surface area contributed by atoms with E-state index in [0.717, 1.165) is 6.42 Å². The first-order valence-electron chi connectivity index (χ1n) is 4.42. The Morgan fingerprint density at radius 2 is 2.07 bits per heavy atom. The molecule has 0 aromatic heterocycles. The van der Waals surface area contributed by atoms with E-state index in [1.807, 2.05) is 12.1 Å². The topological polar surface area (TPSA) is 49.3 Å². The van der Waals surface area contributed by atoms with Gasteiger partial charge in [-0.2, -0.15) is 0 Å². The van der Waals surface area contributed by atoms with Crippen LogP contribution in [0, 0.1) is 3.57 Å². The minimum atomic E-state index is -0.928. The van der Waals surface area contributed by atoms with Crippen LogP contribution in [0.25, 0.3) is 0 Å². The number of carboxylic acid groups (broad SMARTS) is 1. The molecule has 1 aliphatic rings. The van der Waals surface area contributed by atoms with Crippen LogP contribution in [0.3, 0.4) is 0 Å². The van der Waals surface area contributed by atoms with E-state index in [2.05, 4.69) is 40.0 Å². The van der Waals surface area contributed by atoms with Crippen molar-refractivity contribution in [1.29, 1.82) is 0 Å². The van der Waals surface area contributed by atoms with Crippen molar-refractivity contribution in [1.82, 2.24) is 5.32 Å². The average molecular weight is 303 g/mol. The predicted octanol–water partition coefficient (Wildman–Crippen LogP) is 2.41. The maximum absolute atomic E-state index is 10.4. The fraction of sp³-hybridized carbons (Fsp3) is 0.300. The van der Waals surface area contributed by atoms with Gasteiger partial charge in [-0.25, -0.2) is 4.79 Å². The van der Waals surface area contributed by atoms with E-state index in [-0.39, 0.29) is 6.04 Å². The van der Waals surface area contributed by atoms with Gasteiger partial charge in [0, 0.05) is 15.5 Å². The predicted molar refractivity (Wildman–Crippen MR) is 61.5 cm³/mol. The molecule has 14 heavy (non-hydrogen) atoms. The van der Waals surface area contributed by atoms with Crippen LogP contribution in [0.2, 0.25) is 0 Å². The molecule has 2 N–H and O–H groups in total. The molecule has 3 nitrogen and oxygen atoms in total. The summed E-state index contributed by atoms with van der Waals surface area (Å²) in [6.07, 6.45) is -0.00426. The van der Waals surface area contributed by atoms with Crippen molar-refractivity contribution >= 4 is 28.7 Å². The van der Waals surface area contributed by atoms with Crippen molar-refractivity contribution in [2.45, 2.75) is 18.4 Å². The molecule has 4 heteroatoms. The lowest BCUT2D eigenvalue weighted by Crippen LogP contribution is -2.24. The van der Waals surface area contributed by atoms with Crippen LogP contribution >= 0.6 is 22.6 Å². The summed E-state index contributed by atoms with van der Waals surface area (Å²) in [4.78, 5) is 10.4. The number of carbonyl (C=O) groups is 1.